The van der Waals surface area contributed by atoms with Crippen molar-refractivity contribution in [1.82, 2.24) is 39.3 Å². The maximum atomic E-state index is 13.5. The highest BCUT2D eigenvalue weighted by molar-refractivity contribution is 5.80. The fourth-order valence-electron chi connectivity index (χ4n) is 5.09. The van der Waals surface area contributed by atoms with Gasteiger partial charge in [0.2, 0.25) is 5.82 Å². The fraction of sp³-hybridized carbons (Fsp3) is 0.357. The zero-order chi connectivity index (χ0) is 26.4. The number of rotatable bonds is 8. The van der Waals surface area contributed by atoms with E-state index in [-0.39, 0.29) is 17.2 Å². The van der Waals surface area contributed by atoms with Crippen molar-refractivity contribution >= 4 is 11.2 Å². The average molecular weight is 511 g/mol. The third-order valence-corrected chi connectivity index (χ3v) is 7.23. The molecule has 38 heavy (non-hydrogen) atoms. The molecule has 0 amide bonds. The average Bonchev–Trinajstić information content (AvgIpc) is 3.42. The summed E-state index contributed by atoms with van der Waals surface area (Å²) in [6.07, 6.45) is 2.22. The van der Waals surface area contributed by atoms with Gasteiger partial charge in [-0.3, -0.25) is 13.9 Å². The Hall–Kier alpha value is -4.34. The molecule has 1 saturated carbocycles. The van der Waals surface area contributed by atoms with Crippen LogP contribution in [0.5, 0.6) is 0 Å². The summed E-state index contributed by atoms with van der Waals surface area (Å²) in [7, 11) is 0. The number of aromatic nitrogens is 8. The maximum Gasteiger partial charge on any atom is 0.332 e. The Morgan fingerprint density at radius 1 is 0.974 bits per heavy atom. The molecule has 1 fully saturated rings. The number of tetrazole rings is 1. The molecule has 1 aliphatic rings. The first-order valence-electron chi connectivity index (χ1n) is 13.1. The molecule has 3 aromatic heterocycles. The van der Waals surface area contributed by atoms with Crippen LogP contribution in [-0.4, -0.2) is 39.3 Å². The lowest BCUT2D eigenvalue weighted by atomic mass is 9.98. The first-order chi connectivity index (χ1) is 18.5. The van der Waals surface area contributed by atoms with E-state index in [0.29, 0.717) is 42.5 Å². The molecular formula is C28H30N8O2. The van der Waals surface area contributed by atoms with Gasteiger partial charge >= 0.3 is 5.69 Å². The molecule has 0 radical (unpaired) electrons. The molecule has 5 aromatic rings. The van der Waals surface area contributed by atoms with Crippen molar-refractivity contribution in [1.29, 1.82) is 0 Å². The summed E-state index contributed by atoms with van der Waals surface area (Å²) in [5.74, 6) is 1.92. The van der Waals surface area contributed by atoms with E-state index in [4.69, 9.17) is 4.98 Å². The quantitative estimate of drug-likeness (QED) is 0.339. The van der Waals surface area contributed by atoms with Crippen molar-refractivity contribution in [2.45, 2.75) is 59.2 Å². The lowest BCUT2D eigenvalue weighted by Crippen LogP contribution is -2.40. The third kappa shape index (κ3) is 4.15. The number of H-pyrrole nitrogens is 1. The number of fused-ring (bicyclic) bond motifs is 1. The summed E-state index contributed by atoms with van der Waals surface area (Å²) >= 11 is 0. The second-order valence-corrected chi connectivity index (χ2v) is 10.2. The minimum absolute atomic E-state index is 0.0856. The minimum Gasteiger partial charge on any atom is -0.317 e. The monoisotopic (exact) mass is 510 g/mol. The minimum atomic E-state index is -0.274. The number of imidazole rings is 1. The highest BCUT2D eigenvalue weighted by atomic mass is 16.2. The highest BCUT2D eigenvalue weighted by Crippen LogP contribution is 2.32. The summed E-state index contributed by atoms with van der Waals surface area (Å²) in [6.45, 7) is 7.39. The van der Waals surface area contributed by atoms with Crippen molar-refractivity contribution in [2.75, 3.05) is 0 Å². The first-order valence-corrected chi connectivity index (χ1v) is 13.1. The molecule has 0 aliphatic heterocycles. The number of hydrogen-bond donors (Lipinski definition) is 1. The molecule has 10 nitrogen and oxygen atoms in total. The molecule has 0 atom stereocenters. The molecule has 0 bridgehead atoms. The van der Waals surface area contributed by atoms with E-state index in [1.165, 1.54) is 4.57 Å². The molecule has 1 N–H and O–H groups in total. The van der Waals surface area contributed by atoms with E-state index < -0.39 is 0 Å². The van der Waals surface area contributed by atoms with Gasteiger partial charge in [0.1, 0.15) is 5.82 Å². The number of nitrogens with zero attached hydrogens (tertiary/aromatic N) is 7. The second kappa shape index (κ2) is 9.51. The Labute approximate surface area is 219 Å². The normalized spacial score (nSPS) is 13.6. The summed E-state index contributed by atoms with van der Waals surface area (Å²) < 4.78 is 5.06. The van der Waals surface area contributed by atoms with E-state index in [9.17, 15) is 9.59 Å². The van der Waals surface area contributed by atoms with Crippen LogP contribution in [0.25, 0.3) is 33.7 Å². The SMILES string of the molecule is CCn1c(=O)c2c(nc(C(C)C)n2Cc2ccc(-c3ccccc3-c3nn[nH]n3)cc2)n(CC2CC2)c1=O. The van der Waals surface area contributed by atoms with E-state index in [1.54, 1.807) is 4.57 Å². The van der Waals surface area contributed by atoms with Gasteiger partial charge in [-0.05, 0) is 47.6 Å². The van der Waals surface area contributed by atoms with E-state index in [1.807, 2.05) is 35.8 Å². The van der Waals surface area contributed by atoms with Gasteiger partial charge in [-0.1, -0.05) is 62.4 Å². The van der Waals surface area contributed by atoms with Gasteiger partial charge in [0, 0.05) is 31.1 Å². The van der Waals surface area contributed by atoms with Crippen LogP contribution in [-0.2, 0) is 19.6 Å². The molecule has 6 rings (SSSR count). The summed E-state index contributed by atoms with van der Waals surface area (Å²) in [6, 6.07) is 16.2. The van der Waals surface area contributed by atoms with Crippen LogP contribution < -0.4 is 11.2 Å². The highest BCUT2D eigenvalue weighted by Gasteiger charge is 2.27. The molecule has 3 heterocycles. The van der Waals surface area contributed by atoms with Gasteiger partial charge in [0.05, 0.1) is 0 Å². The van der Waals surface area contributed by atoms with Crippen molar-refractivity contribution in [2.24, 2.45) is 5.92 Å². The molecule has 0 saturated heterocycles. The Morgan fingerprint density at radius 2 is 1.71 bits per heavy atom. The Balaban J connectivity index is 1.43. The molecule has 10 heteroatoms. The standard InChI is InChI=1S/C28H30N8O2/c1-4-34-27(37)23-26(36(28(34)38)16-18-9-10-18)29-25(17(2)3)35(23)15-19-11-13-20(14-12-19)21-7-5-6-8-22(21)24-30-32-33-31-24/h5-8,11-14,17-18H,4,9-10,15-16H2,1-3H3,(H,30,31,32,33). The molecular weight excluding hydrogens is 480 g/mol. The maximum absolute atomic E-state index is 13.5. The predicted molar refractivity (Wildman–Crippen MR) is 145 cm³/mol. The molecule has 0 unspecified atom stereocenters. The van der Waals surface area contributed by atoms with Gasteiger partial charge in [-0.25, -0.2) is 9.78 Å². The smallest absolute Gasteiger partial charge is 0.317 e. The molecule has 2 aromatic carbocycles. The first kappa shape index (κ1) is 24.0. The third-order valence-electron chi connectivity index (χ3n) is 7.23. The zero-order valence-electron chi connectivity index (χ0n) is 21.8. The van der Waals surface area contributed by atoms with Gasteiger partial charge in [-0.15, -0.1) is 10.2 Å². The van der Waals surface area contributed by atoms with Gasteiger partial charge in [0.25, 0.3) is 5.56 Å². The number of nitrogens with one attached hydrogen (secondary N) is 1. The summed E-state index contributed by atoms with van der Waals surface area (Å²) in [5, 5.41) is 14.5. The second-order valence-electron chi connectivity index (χ2n) is 10.2. The summed E-state index contributed by atoms with van der Waals surface area (Å²) in [5.41, 5.74) is 4.44. The molecule has 1 aliphatic carbocycles. The van der Waals surface area contributed by atoms with Crippen LogP contribution in [0.1, 0.15) is 50.9 Å². The Morgan fingerprint density at radius 3 is 2.34 bits per heavy atom. The number of benzene rings is 2. The van der Waals surface area contributed by atoms with Gasteiger partial charge in [-0.2, -0.15) is 5.21 Å². The van der Waals surface area contributed by atoms with Crippen molar-refractivity contribution in [3.63, 3.8) is 0 Å². The van der Waals surface area contributed by atoms with Crippen molar-refractivity contribution in [3.05, 3.63) is 80.8 Å². The summed E-state index contributed by atoms with van der Waals surface area (Å²) in [4.78, 5) is 31.6. The van der Waals surface area contributed by atoms with Crippen molar-refractivity contribution in [3.8, 4) is 22.5 Å². The fourth-order valence-corrected chi connectivity index (χ4v) is 5.09. The van der Waals surface area contributed by atoms with Crippen LogP contribution in [0.2, 0.25) is 0 Å². The van der Waals surface area contributed by atoms with E-state index in [0.717, 1.165) is 40.9 Å². The Bertz CT molecular complexity index is 1720. The van der Waals surface area contributed by atoms with E-state index in [2.05, 4.69) is 58.7 Å². The van der Waals surface area contributed by atoms with Gasteiger partial charge < -0.3 is 4.57 Å². The predicted octanol–water partition coefficient (Wildman–Crippen LogP) is 3.81. The number of hydrogen-bond acceptors (Lipinski definition) is 6. The van der Waals surface area contributed by atoms with Crippen LogP contribution in [0.15, 0.2) is 58.1 Å². The van der Waals surface area contributed by atoms with Crippen LogP contribution in [0.3, 0.4) is 0 Å². The van der Waals surface area contributed by atoms with Crippen molar-refractivity contribution < 1.29 is 0 Å². The number of aromatic amines is 1. The van der Waals surface area contributed by atoms with Gasteiger partial charge in [0.15, 0.2) is 11.2 Å². The topological polar surface area (TPSA) is 116 Å². The largest absolute Gasteiger partial charge is 0.332 e. The van der Waals surface area contributed by atoms with E-state index >= 15 is 0 Å². The molecule has 194 valence electrons. The van der Waals surface area contributed by atoms with Crippen LogP contribution in [0.4, 0.5) is 0 Å². The molecule has 0 spiro atoms. The lowest BCUT2D eigenvalue weighted by molar-refractivity contribution is 0.554. The van der Waals surface area contributed by atoms with Crippen LogP contribution >= 0.6 is 0 Å². The van der Waals surface area contributed by atoms with Crippen LogP contribution in [0, 0.1) is 5.92 Å². The zero-order valence-corrected chi connectivity index (χ0v) is 21.8. The lowest BCUT2D eigenvalue weighted by Gasteiger charge is -2.14. The Kier molecular flexibility index (Phi) is 6.01.